The summed E-state index contributed by atoms with van der Waals surface area (Å²) in [6.45, 7) is 6.26. The molecule has 84 valence electrons. The number of nitrogens with one attached hydrogen (secondary N) is 2. The van der Waals surface area contributed by atoms with E-state index < -0.39 is 0 Å². The Hall–Kier alpha value is -1.32. The standard InChI is InChI=1S/C11H19N3O/c1-4-9-7-12-14-11(9)13-10(15)6-5-8(2)3/h7-8H,4-6H2,1-3H3,(H2,12,13,14,15). The Labute approximate surface area is 90.5 Å². The summed E-state index contributed by atoms with van der Waals surface area (Å²) in [6.07, 6.45) is 4.11. The summed E-state index contributed by atoms with van der Waals surface area (Å²) in [6, 6.07) is 0. The minimum absolute atomic E-state index is 0.0580. The fourth-order valence-electron chi connectivity index (χ4n) is 1.31. The first-order valence-electron chi connectivity index (χ1n) is 5.45. The molecule has 0 aromatic carbocycles. The van der Waals surface area contributed by atoms with Gasteiger partial charge >= 0.3 is 0 Å². The van der Waals surface area contributed by atoms with Crippen LogP contribution in [-0.4, -0.2) is 16.1 Å². The van der Waals surface area contributed by atoms with Crippen LogP contribution in [0.1, 0.15) is 39.2 Å². The number of hydrogen-bond acceptors (Lipinski definition) is 2. The molecule has 1 aromatic rings. The van der Waals surface area contributed by atoms with Crippen LogP contribution in [0.15, 0.2) is 6.20 Å². The average Bonchev–Trinajstić information content (AvgIpc) is 2.62. The van der Waals surface area contributed by atoms with Crippen LogP contribution in [0.25, 0.3) is 0 Å². The minimum Gasteiger partial charge on any atom is -0.311 e. The molecule has 0 saturated carbocycles. The van der Waals surface area contributed by atoms with Crippen molar-refractivity contribution in [3.63, 3.8) is 0 Å². The molecular formula is C11H19N3O. The van der Waals surface area contributed by atoms with E-state index in [0.29, 0.717) is 12.3 Å². The smallest absolute Gasteiger partial charge is 0.225 e. The number of anilines is 1. The molecule has 2 N–H and O–H groups in total. The number of aryl methyl sites for hydroxylation is 1. The van der Waals surface area contributed by atoms with Crippen molar-refractivity contribution in [3.05, 3.63) is 11.8 Å². The Morgan fingerprint density at radius 1 is 1.60 bits per heavy atom. The fourth-order valence-corrected chi connectivity index (χ4v) is 1.31. The van der Waals surface area contributed by atoms with Crippen molar-refractivity contribution >= 4 is 11.7 Å². The highest BCUT2D eigenvalue weighted by Crippen LogP contribution is 2.12. The second-order valence-electron chi connectivity index (χ2n) is 4.10. The molecule has 4 heteroatoms. The fraction of sp³-hybridized carbons (Fsp3) is 0.636. The maximum atomic E-state index is 11.5. The molecule has 1 amide bonds. The van der Waals surface area contributed by atoms with E-state index in [9.17, 15) is 4.79 Å². The summed E-state index contributed by atoms with van der Waals surface area (Å²) in [5.41, 5.74) is 1.05. The van der Waals surface area contributed by atoms with Crippen molar-refractivity contribution in [1.82, 2.24) is 10.2 Å². The maximum absolute atomic E-state index is 11.5. The molecule has 0 aliphatic carbocycles. The number of H-pyrrole nitrogens is 1. The number of amides is 1. The lowest BCUT2D eigenvalue weighted by molar-refractivity contribution is -0.116. The van der Waals surface area contributed by atoms with Crippen LogP contribution in [-0.2, 0) is 11.2 Å². The Bertz CT molecular complexity index is 317. The zero-order chi connectivity index (χ0) is 11.3. The first-order valence-corrected chi connectivity index (χ1v) is 5.45. The van der Waals surface area contributed by atoms with E-state index >= 15 is 0 Å². The van der Waals surface area contributed by atoms with Crippen molar-refractivity contribution in [1.29, 1.82) is 0 Å². The lowest BCUT2D eigenvalue weighted by Gasteiger charge is -2.06. The van der Waals surface area contributed by atoms with E-state index in [1.807, 2.05) is 6.92 Å². The summed E-state index contributed by atoms with van der Waals surface area (Å²) in [5, 5.41) is 9.53. The highest BCUT2D eigenvalue weighted by molar-refractivity contribution is 5.90. The highest BCUT2D eigenvalue weighted by atomic mass is 16.1. The van der Waals surface area contributed by atoms with Crippen molar-refractivity contribution in [2.75, 3.05) is 5.32 Å². The molecule has 0 spiro atoms. The van der Waals surface area contributed by atoms with Crippen LogP contribution in [0.5, 0.6) is 0 Å². The van der Waals surface area contributed by atoms with Gasteiger partial charge in [-0.25, -0.2) is 0 Å². The van der Waals surface area contributed by atoms with Gasteiger partial charge in [-0.1, -0.05) is 20.8 Å². The second-order valence-corrected chi connectivity index (χ2v) is 4.10. The summed E-state index contributed by atoms with van der Waals surface area (Å²) in [4.78, 5) is 11.5. The predicted octanol–water partition coefficient (Wildman–Crippen LogP) is 2.35. The van der Waals surface area contributed by atoms with Crippen molar-refractivity contribution < 1.29 is 4.79 Å². The third kappa shape index (κ3) is 3.73. The monoisotopic (exact) mass is 209 g/mol. The molecule has 4 nitrogen and oxygen atoms in total. The van der Waals surface area contributed by atoms with Crippen molar-refractivity contribution in [3.8, 4) is 0 Å². The Morgan fingerprint density at radius 2 is 2.33 bits per heavy atom. The van der Waals surface area contributed by atoms with Crippen LogP contribution in [0, 0.1) is 5.92 Å². The Morgan fingerprint density at radius 3 is 2.93 bits per heavy atom. The van der Waals surface area contributed by atoms with Gasteiger partial charge in [0.15, 0.2) is 0 Å². The minimum atomic E-state index is 0.0580. The van der Waals surface area contributed by atoms with Gasteiger partial charge in [0.1, 0.15) is 5.82 Å². The lowest BCUT2D eigenvalue weighted by atomic mass is 10.1. The van der Waals surface area contributed by atoms with Crippen molar-refractivity contribution in [2.24, 2.45) is 5.92 Å². The third-order valence-electron chi connectivity index (χ3n) is 2.31. The molecule has 0 bridgehead atoms. The zero-order valence-electron chi connectivity index (χ0n) is 9.63. The SMILES string of the molecule is CCc1cn[nH]c1NC(=O)CCC(C)C. The molecule has 0 fully saturated rings. The van der Waals surface area contributed by atoms with Gasteiger partial charge in [0, 0.05) is 12.0 Å². The second kappa shape index (κ2) is 5.53. The molecule has 1 aromatic heterocycles. The molecular weight excluding hydrogens is 190 g/mol. The molecule has 0 saturated heterocycles. The molecule has 0 unspecified atom stereocenters. The van der Waals surface area contributed by atoms with E-state index in [1.165, 1.54) is 0 Å². The van der Waals surface area contributed by atoms with Gasteiger partial charge in [-0.05, 0) is 18.8 Å². The number of rotatable bonds is 5. The van der Waals surface area contributed by atoms with E-state index in [1.54, 1.807) is 6.20 Å². The van der Waals surface area contributed by atoms with E-state index in [0.717, 1.165) is 24.2 Å². The van der Waals surface area contributed by atoms with Gasteiger partial charge in [-0.2, -0.15) is 5.10 Å². The van der Waals surface area contributed by atoms with E-state index in [4.69, 9.17) is 0 Å². The topological polar surface area (TPSA) is 57.8 Å². The van der Waals surface area contributed by atoms with Gasteiger partial charge in [0.2, 0.25) is 5.91 Å². The van der Waals surface area contributed by atoms with Crippen LogP contribution < -0.4 is 5.32 Å². The average molecular weight is 209 g/mol. The van der Waals surface area contributed by atoms with Gasteiger partial charge in [0.25, 0.3) is 0 Å². The van der Waals surface area contributed by atoms with Gasteiger partial charge in [0.05, 0.1) is 6.20 Å². The van der Waals surface area contributed by atoms with Crippen LogP contribution >= 0.6 is 0 Å². The Kier molecular flexibility index (Phi) is 4.34. The normalized spacial score (nSPS) is 10.7. The number of nitrogens with zero attached hydrogens (tertiary/aromatic N) is 1. The van der Waals surface area contributed by atoms with Gasteiger partial charge in [-0.3, -0.25) is 9.89 Å². The molecule has 15 heavy (non-hydrogen) atoms. The van der Waals surface area contributed by atoms with Gasteiger partial charge in [-0.15, -0.1) is 0 Å². The molecule has 1 rings (SSSR count). The lowest BCUT2D eigenvalue weighted by Crippen LogP contribution is -2.13. The van der Waals surface area contributed by atoms with Crippen LogP contribution in [0.3, 0.4) is 0 Å². The number of aromatic nitrogens is 2. The number of carbonyl (C=O) groups excluding carboxylic acids is 1. The maximum Gasteiger partial charge on any atom is 0.225 e. The Balaban J connectivity index is 2.44. The largest absolute Gasteiger partial charge is 0.311 e. The zero-order valence-corrected chi connectivity index (χ0v) is 9.63. The first-order chi connectivity index (χ1) is 7.13. The third-order valence-corrected chi connectivity index (χ3v) is 2.31. The molecule has 0 aliphatic heterocycles. The summed E-state index contributed by atoms with van der Waals surface area (Å²) in [7, 11) is 0. The number of aromatic amines is 1. The van der Waals surface area contributed by atoms with Crippen LogP contribution in [0.4, 0.5) is 5.82 Å². The van der Waals surface area contributed by atoms with Gasteiger partial charge < -0.3 is 5.32 Å². The molecule has 0 radical (unpaired) electrons. The molecule has 0 atom stereocenters. The van der Waals surface area contributed by atoms with E-state index in [2.05, 4.69) is 29.4 Å². The first kappa shape index (κ1) is 11.8. The van der Waals surface area contributed by atoms with Crippen molar-refractivity contribution in [2.45, 2.75) is 40.0 Å². The van der Waals surface area contributed by atoms with Crippen LogP contribution in [0.2, 0.25) is 0 Å². The molecule has 0 aliphatic rings. The highest BCUT2D eigenvalue weighted by Gasteiger charge is 2.08. The predicted molar refractivity (Wildman–Crippen MR) is 60.7 cm³/mol. The molecule has 1 heterocycles. The quantitative estimate of drug-likeness (QED) is 0.782. The summed E-state index contributed by atoms with van der Waals surface area (Å²) >= 11 is 0. The number of carbonyl (C=O) groups is 1. The van der Waals surface area contributed by atoms with E-state index in [-0.39, 0.29) is 5.91 Å². The summed E-state index contributed by atoms with van der Waals surface area (Å²) < 4.78 is 0. The number of hydrogen-bond donors (Lipinski definition) is 2. The summed E-state index contributed by atoms with van der Waals surface area (Å²) in [5.74, 6) is 1.36.